The normalized spacial score (nSPS) is 12.5. The second-order valence-corrected chi connectivity index (χ2v) is 5.24. The summed E-state index contributed by atoms with van der Waals surface area (Å²) in [5.74, 6) is -0.254. The van der Waals surface area contributed by atoms with Crippen molar-refractivity contribution in [2.45, 2.75) is 26.9 Å². The first-order valence-corrected chi connectivity index (χ1v) is 7.25. The number of rotatable bonds is 5. The molecule has 0 saturated carbocycles. The fourth-order valence-electron chi connectivity index (χ4n) is 2.35. The third-order valence-corrected chi connectivity index (χ3v) is 3.60. The first-order chi connectivity index (χ1) is 10.7. The molecule has 0 aliphatic carbocycles. The zero-order chi connectivity index (χ0) is 15.5. The maximum absolute atomic E-state index is 12.2. The van der Waals surface area contributed by atoms with Crippen LogP contribution in [0, 0.1) is 5.92 Å². The van der Waals surface area contributed by atoms with Gasteiger partial charge < -0.3 is 9.88 Å². The Kier molecular flexibility index (Phi) is 3.86. The van der Waals surface area contributed by atoms with Crippen molar-refractivity contribution in [1.82, 2.24) is 24.3 Å². The van der Waals surface area contributed by atoms with Crippen LogP contribution >= 0.6 is 0 Å². The molecule has 114 valence electrons. The highest BCUT2D eigenvalue weighted by atomic mass is 16.1. The minimum Gasteiger partial charge on any atom is -0.331 e. The van der Waals surface area contributed by atoms with Gasteiger partial charge in [-0.15, -0.1) is 0 Å². The van der Waals surface area contributed by atoms with Gasteiger partial charge in [-0.2, -0.15) is 5.10 Å². The van der Waals surface area contributed by atoms with Crippen molar-refractivity contribution in [1.29, 1.82) is 0 Å². The lowest BCUT2D eigenvalue weighted by molar-refractivity contribution is -0.119. The van der Waals surface area contributed by atoms with E-state index in [1.54, 1.807) is 11.0 Å². The highest BCUT2D eigenvalue weighted by Gasteiger charge is 2.14. The van der Waals surface area contributed by atoms with E-state index in [-0.39, 0.29) is 11.8 Å². The number of hydrogen-bond acceptors (Lipinski definition) is 4. The Balaban J connectivity index is 1.70. The van der Waals surface area contributed by atoms with E-state index in [2.05, 4.69) is 31.9 Å². The fraction of sp³-hybridized carbons (Fsp3) is 0.333. The Morgan fingerprint density at radius 3 is 2.95 bits per heavy atom. The molecule has 22 heavy (non-hydrogen) atoms. The van der Waals surface area contributed by atoms with Crippen LogP contribution in [0.2, 0.25) is 0 Å². The van der Waals surface area contributed by atoms with Gasteiger partial charge in [-0.05, 0) is 25.1 Å². The van der Waals surface area contributed by atoms with Gasteiger partial charge in [-0.1, -0.05) is 6.92 Å². The van der Waals surface area contributed by atoms with E-state index in [0.29, 0.717) is 6.54 Å². The second-order valence-electron chi connectivity index (χ2n) is 5.24. The van der Waals surface area contributed by atoms with Gasteiger partial charge in [0.2, 0.25) is 5.91 Å². The van der Waals surface area contributed by atoms with Gasteiger partial charge in [0.25, 0.3) is 0 Å². The molecular formula is C15H18N6O. The first kappa shape index (κ1) is 14.2. The van der Waals surface area contributed by atoms with Crippen molar-refractivity contribution in [3.63, 3.8) is 0 Å². The highest BCUT2D eigenvalue weighted by Crippen LogP contribution is 2.19. The number of amides is 1. The van der Waals surface area contributed by atoms with Gasteiger partial charge in [0, 0.05) is 12.2 Å². The lowest BCUT2D eigenvalue weighted by Crippen LogP contribution is -2.24. The van der Waals surface area contributed by atoms with Crippen LogP contribution in [0.3, 0.4) is 0 Å². The summed E-state index contributed by atoms with van der Waals surface area (Å²) in [5, 5.41) is 6.94. The molecule has 0 aliphatic heterocycles. The Bertz CT molecular complexity index is 777. The summed E-state index contributed by atoms with van der Waals surface area (Å²) in [6.45, 7) is 5.31. The van der Waals surface area contributed by atoms with E-state index in [4.69, 9.17) is 0 Å². The number of imidazole rings is 1. The molecule has 0 fully saturated rings. The Morgan fingerprint density at radius 2 is 2.23 bits per heavy atom. The lowest BCUT2D eigenvalue weighted by atomic mass is 10.1. The second kappa shape index (κ2) is 5.97. The van der Waals surface area contributed by atoms with Crippen LogP contribution in [0.25, 0.3) is 11.0 Å². The van der Waals surface area contributed by atoms with Crippen molar-refractivity contribution in [3.05, 3.63) is 37.2 Å². The number of fused-ring (bicyclic) bond motifs is 1. The first-order valence-electron chi connectivity index (χ1n) is 7.25. The average Bonchev–Trinajstić information content (AvgIpc) is 3.15. The summed E-state index contributed by atoms with van der Waals surface area (Å²) in [5.41, 5.74) is 2.70. The molecule has 2 aromatic heterocycles. The van der Waals surface area contributed by atoms with E-state index in [0.717, 1.165) is 23.3 Å². The summed E-state index contributed by atoms with van der Waals surface area (Å²) < 4.78 is 3.71. The standard InChI is InChI=1S/C15H18N6O/c1-3-20-10-17-13-6-12(4-5-14(13)20)19-15(22)11(2)7-21-9-16-8-18-21/h4-6,8-11H,3,7H2,1-2H3,(H,19,22). The quantitative estimate of drug-likeness (QED) is 0.780. The van der Waals surface area contributed by atoms with Gasteiger partial charge in [0.05, 0.1) is 29.8 Å². The van der Waals surface area contributed by atoms with Gasteiger partial charge in [-0.3, -0.25) is 9.48 Å². The molecule has 0 aliphatic rings. The molecule has 0 spiro atoms. The van der Waals surface area contributed by atoms with E-state index in [9.17, 15) is 4.79 Å². The maximum atomic E-state index is 12.2. The number of aryl methyl sites for hydroxylation is 1. The van der Waals surface area contributed by atoms with E-state index < -0.39 is 0 Å². The van der Waals surface area contributed by atoms with Gasteiger partial charge >= 0.3 is 0 Å². The van der Waals surface area contributed by atoms with Crippen LogP contribution in [0.15, 0.2) is 37.2 Å². The minimum atomic E-state index is -0.203. The smallest absolute Gasteiger partial charge is 0.229 e. The Hall–Kier alpha value is -2.70. The van der Waals surface area contributed by atoms with Gasteiger partial charge in [0.1, 0.15) is 12.7 Å². The van der Waals surface area contributed by atoms with Crippen LogP contribution in [0.5, 0.6) is 0 Å². The van der Waals surface area contributed by atoms with E-state index in [1.165, 1.54) is 6.33 Å². The number of carbonyl (C=O) groups is 1. The molecule has 1 unspecified atom stereocenters. The summed E-state index contributed by atoms with van der Waals surface area (Å²) in [7, 11) is 0. The predicted octanol–water partition coefficient (Wildman–Crippen LogP) is 1.92. The highest BCUT2D eigenvalue weighted by molar-refractivity contribution is 5.94. The predicted molar refractivity (Wildman–Crippen MR) is 83.2 cm³/mol. The lowest BCUT2D eigenvalue weighted by Gasteiger charge is -2.12. The van der Waals surface area contributed by atoms with Crippen molar-refractivity contribution in [3.8, 4) is 0 Å². The molecule has 7 heteroatoms. The van der Waals surface area contributed by atoms with Crippen molar-refractivity contribution in [2.75, 3.05) is 5.32 Å². The molecule has 1 aromatic carbocycles. The van der Waals surface area contributed by atoms with Crippen molar-refractivity contribution >= 4 is 22.6 Å². The third kappa shape index (κ3) is 2.83. The number of hydrogen-bond donors (Lipinski definition) is 1. The minimum absolute atomic E-state index is 0.0511. The zero-order valence-electron chi connectivity index (χ0n) is 12.6. The average molecular weight is 298 g/mol. The fourth-order valence-corrected chi connectivity index (χ4v) is 2.35. The number of aromatic nitrogens is 5. The molecule has 0 saturated heterocycles. The summed E-state index contributed by atoms with van der Waals surface area (Å²) in [6.07, 6.45) is 4.87. The summed E-state index contributed by atoms with van der Waals surface area (Å²) in [6, 6.07) is 5.77. The SMILES string of the molecule is CCn1cnc2cc(NC(=O)C(C)Cn3cncn3)ccc21. The number of nitrogens with zero attached hydrogens (tertiary/aromatic N) is 5. The van der Waals surface area contributed by atoms with E-state index >= 15 is 0 Å². The molecule has 2 heterocycles. The van der Waals surface area contributed by atoms with E-state index in [1.807, 2.05) is 31.5 Å². The monoisotopic (exact) mass is 298 g/mol. The largest absolute Gasteiger partial charge is 0.331 e. The maximum Gasteiger partial charge on any atom is 0.229 e. The summed E-state index contributed by atoms with van der Waals surface area (Å²) >= 11 is 0. The van der Waals surface area contributed by atoms with Crippen LogP contribution in [0.4, 0.5) is 5.69 Å². The van der Waals surface area contributed by atoms with Crippen molar-refractivity contribution < 1.29 is 4.79 Å². The molecule has 1 atom stereocenters. The van der Waals surface area contributed by atoms with Crippen LogP contribution < -0.4 is 5.32 Å². The van der Waals surface area contributed by atoms with Gasteiger partial charge in [-0.25, -0.2) is 9.97 Å². The number of benzene rings is 1. The number of anilines is 1. The van der Waals surface area contributed by atoms with Crippen LogP contribution in [0.1, 0.15) is 13.8 Å². The Labute approximate surface area is 128 Å². The number of nitrogens with one attached hydrogen (secondary N) is 1. The molecule has 3 rings (SSSR count). The molecule has 0 radical (unpaired) electrons. The topological polar surface area (TPSA) is 77.6 Å². The van der Waals surface area contributed by atoms with Gasteiger partial charge in [0.15, 0.2) is 0 Å². The summed E-state index contributed by atoms with van der Waals surface area (Å²) in [4.78, 5) is 20.5. The molecule has 3 aromatic rings. The molecule has 7 nitrogen and oxygen atoms in total. The molecular weight excluding hydrogens is 280 g/mol. The van der Waals surface area contributed by atoms with Crippen LogP contribution in [-0.4, -0.2) is 30.2 Å². The Morgan fingerprint density at radius 1 is 1.36 bits per heavy atom. The van der Waals surface area contributed by atoms with Crippen LogP contribution in [-0.2, 0) is 17.9 Å². The zero-order valence-corrected chi connectivity index (χ0v) is 12.6. The number of carbonyl (C=O) groups excluding carboxylic acids is 1. The van der Waals surface area contributed by atoms with Crippen molar-refractivity contribution in [2.24, 2.45) is 5.92 Å². The molecule has 1 N–H and O–H groups in total. The molecule has 0 bridgehead atoms. The molecule has 1 amide bonds. The third-order valence-electron chi connectivity index (χ3n) is 3.60.